The number of hydrogen-bond donors (Lipinski definition) is 1. The van der Waals surface area contributed by atoms with Gasteiger partial charge in [-0.2, -0.15) is 0 Å². The third-order valence-corrected chi connectivity index (χ3v) is 4.72. The standard InChI is InChI=1S/C14H15BrO3S/c1-8-4-12(18-3)10(6-11(8)15)14(16)13-5-9(17-2)7-19-13/h4-7,14,16H,1-3H3. The van der Waals surface area contributed by atoms with Crippen molar-refractivity contribution < 1.29 is 14.6 Å². The molecule has 5 heteroatoms. The van der Waals surface area contributed by atoms with E-state index in [9.17, 15) is 5.11 Å². The number of aryl methyl sites for hydroxylation is 1. The van der Waals surface area contributed by atoms with E-state index in [0.29, 0.717) is 5.75 Å². The Morgan fingerprint density at radius 1 is 1.21 bits per heavy atom. The molecule has 0 bridgehead atoms. The Balaban J connectivity index is 2.42. The molecule has 0 amide bonds. The van der Waals surface area contributed by atoms with Crippen molar-refractivity contribution >= 4 is 27.3 Å². The van der Waals surface area contributed by atoms with Crippen molar-refractivity contribution in [2.24, 2.45) is 0 Å². The van der Waals surface area contributed by atoms with Crippen LogP contribution in [0.25, 0.3) is 0 Å². The lowest BCUT2D eigenvalue weighted by molar-refractivity contribution is 0.218. The molecule has 0 aliphatic rings. The second-order valence-electron chi connectivity index (χ2n) is 4.13. The Morgan fingerprint density at radius 3 is 2.53 bits per heavy atom. The molecule has 0 fully saturated rings. The maximum Gasteiger partial charge on any atom is 0.129 e. The van der Waals surface area contributed by atoms with Gasteiger partial charge in [-0.1, -0.05) is 15.9 Å². The fourth-order valence-corrected chi connectivity index (χ4v) is 3.02. The second kappa shape index (κ2) is 5.94. The molecule has 1 N–H and O–H groups in total. The number of halogens is 1. The molecule has 2 rings (SSSR count). The van der Waals surface area contributed by atoms with E-state index in [1.54, 1.807) is 14.2 Å². The van der Waals surface area contributed by atoms with E-state index in [2.05, 4.69) is 15.9 Å². The van der Waals surface area contributed by atoms with Crippen LogP contribution in [0, 0.1) is 6.92 Å². The van der Waals surface area contributed by atoms with Gasteiger partial charge in [-0.05, 0) is 30.7 Å². The minimum Gasteiger partial charge on any atom is -0.496 e. The Kier molecular flexibility index (Phi) is 4.50. The minimum atomic E-state index is -0.722. The summed E-state index contributed by atoms with van der Waals surface area (Å²) in [4.78, 5) is 0.825. The van der Waals surface area contributed by atoms with E-state index in [1.165, 1.54) is 11.3 Å². The molecular formula is C14H15BrO3S. The van der Waals surface area contributed by atoms with Crippen LogP contribution in [0.4, 0.5) is 0 Å². The molecule has 1 aromatic heterocycles. The molecule has 1 unspecified atom stereocenters. The summed E-state index contributed by atoms with van der Waals surface area (Å²) in [5.41, 5.74) is 1.81. The monoisotopic (exact) mass is 342 g/mol. The van der Waals surface area contributed by atoms with E-state index < -0.39 is 6.10 Å². The van der Waals surface area contributed by atoms with E-state index in [1.807, 2.05) is 30.5 Å². The van der Waals surface area contributed by atoms with Crippen molar-refractivity contribution in [1.29, 1.82) is 0 Å². The lowest BCUT2D eigenvalue weighted by atomic mass is 10.0. The van der Waals surface area contributed by atoms with Crippen LogP contribution in [0.3, 0.4) is 0 Å². The highest BCUT2D eigenvalue weighted by molar-refractivity contribution is 9.10. The molecule has 0 saturated carbocycles. The van der Waals surface area contributed by atoms with Crippen LogP contribution in [0.1, 0.15) is 22.1 Å². The quantitative estimate of drug-likeness (QED) is 0.915. The number of benzene rings is 1. The highest BCUT2D eigenvalue weighted by Gasteiger charge is 2.19. The lowest BCUT2D eigenvalue weighted by Gasteiger charge is -2.15. The molecule has 0 aliphatic carbocycles. The number of thiophene rings is 1. The average molecular weight is 343 g/mol. The van der Waals surface area contributed by atoms with Crippen LogP contribution >= 0.6 is 27.3 Å². The molecule has 1 heterocycles. The van der Waals surface area contributed by atoms with Crippen molar-refractivity contribution in [3.63, 3.8) is 0 Å². The molecule has 1 atom stereocenters. The third-order valence-electron chi connectivity index (χ3n) is 2.91. The van der Waals surface area contributed by atoms with Gasteiger partial charge in [-0.25, -0.2) is 0 Å². The molecule has 1 aromatic carbocycles. The van der Waals surface area contributed by atoms with E-state index in [-0.39, 0.29) is 0 Å². The van der Waals surface area contributed by atoms with Gasteiger partial charge >= 0.3 is 0 Å². The number of hydrogen-bond acceptors (Lipinski definition) is 4. The highest BCUT2D eigenvalue weighted by atomic mass is 79.9. The van der Waals surface area contributed by atoms with Gasteiger partial charge in [-0.15, -0.1) is 11.3 Å². The summed E-state index contributed by atoms with van der Waals surface area (Å²) in [5.74, 6) is 1.43. The fourth-order valence-electron chi connectivity index (χ4n) is 1.80. The van der Waals surface area contributed by atoms with Gasteiger partial charge in [0.15, 0.2) is 0 Å². The van der Waals surface area contributed by atoms with Gasteiger partial charge < -0.3 is 14.6 Å². The Bertz CT molecular complexity index is 580. The molecule has 2 aromatic rings. The minimum absolute atomic E-state index is 0.681. The molecule has 0 saturated heterocycles. The van der Waals surface area contributed by atoms with Crippen LogP contribution in [-0.2, 0) is 0 Å². The van der Waals surface area contributed by atoms with Gasteiger partial charge in [0.1, 0.15) is 17.6 Å². The number of aliphatic hydroxyl groups is 1. The summed E-state index contributed by atoms with van der Waals surface area (Å²) < 4.78 is 11.4. The normalized spacial score (nSPS) is 12.3. The van der Waals surface area contributed by atoms with Crippen molar-refractivity contribution in [1.82, 2.24) is 0 Å². The molecule has 0 spiro atoms. The van der Waals surface area contributed by atoms with Crippen molar-refractivity contribution in [2.45, 2.75) is 13.0 Å². The first-order valence-electron chi connectivity index (χ1n) is 5.71. The summed E-state index contributed by atoms with van der Waals surface area (Å²) in [6.45, 7) is 1.98. The number of methoxy groups -OCH3 is 2. The van der Waals surface area contributed by atoms with Crippen LogP contribution in [-0.4, -0.2) is 19.3 Å². The zero-order valence-electron chi connectivity index (χ0n) is 10.9. The topological polar surface area (TPSA) is 38.7 Å². The smallest absolute Gasteiger partial charge is 0.129 e. The van der Waals surface area contributed by atoms with E-state index in [4.69, 9.17) is 9.47 Å². The summed E-state index contributed by atoms with van der Waals surface area (Å²) >= 11 is 4.94. The summed E-state index contributed by atoms with van der Waals surface area (Å²) in [6, 6.07) is 5.64. The van der Waals surface area contributed by atoms with Gasteiger partial charge in [0, 0.05) is 20.3 Å². The molecule has 19 heavy (non-hydrogen) atoms. The number of rotatable bonds is 4. The summed E-state index contributed by atoms with van der Waals surface area (Å²) in [5, 5.41) is 12.4. The SMILES string of the molecule is COc1csc(C(O)c2cc(Br)c(C)cc2OC)c1. The fraction of sp³-hybridized carbons (Fsp3) is 0.286. The summed E-state index contributed by atoms with van der Waals surface area (Å²) in [7, 11) is 3.22. The first kappa shape index (κ1) is 14.4. The van der Waals surface area contributed by atoms with E-state index in [0.717, 1.165) is 26.2 Å². The first-order chi connectivity index (χ1) is 9.06. The molecule has 102 valence electrons. The largest absolute Gasteiger partial charge is 0.496 e. The van der Waals surface area contributed by atoms with Gasteiger partial charge in [0.2, 0.25) is 0 Å². The van der Waals surface area contributed by atoms with Gasteiger partial charge in [-0.3, -0.25) is 0 Å². The van der Waals surface area contributed by atoms with Crippen LogP contribution in [0.2, 0.25) is 0 Å². The predicted molar refractivity (Wildman–Crippen MR) is 80.4 cm³/mol. The zero-order valence-corrected chi connectivity index (χ0v) is 13.3. The van der Waals surface area contributed by atoms with Crippen LogP contribution in [0.5, 0.6) is 11.5 Å². The second-order valence-corrected chi connectivity index (χ2v) is 5.93. The van der Waals surface area contributed by atoms with Gasteiger partial charge in [0.05, 0.1) is 14.2 Å². The highest BCUT2D eigenvalue weighted by Crippen LogP contribution is 2.37. The third kappa shape index (κ3) is 2.94. The molecular weight excluding hydrogens is 328 g/mol. The van der Waals surface area contributed by atoms with Crippen molar-refractivity contribution in [3.05, 3.63) is 44.1 Å². The van der Waals surface area contributed by atoms with Crippen molar-refractivity contribution in [2.75, 3.05) is 14.2 Å². The molecule has 3 nitrogen and oxygen atoms in total. The van der Waals surface area contributed by atoms with Crippen LogP contribution in [0.15, 0.2) is 28.1 Å². The van der Waals surface area contributed by atoms with E-state index >= 15 is 0 Å². The lowest BCUT2D eigenvalue weighted by Crippen LogP contribution is -2.01. The first-order valence-corrected chi connectivity index (χ1v) is 7.38. The maximum atomic E-state index is 10.5. The molecule has 0 aliphatic heterocycles. The molecule has 0 radical (unpaired) electrons. The summed E-state index contributed by atoms with van der Waals surface area (Å²) in [6.07, 6.45) is -0.722. The number of ether oxygens (including phenoxy) is 2. The number of aliphatic hydroxyl groups excluding tert-OH is 1. The van der Waals surface area contributed by atoms with Gasteiger partial charge in [0.25, 0.3) is 0 Å². The Morgan fingerprint density at radius 2 is 1.95 bits per heavy atom. The Labute approximate surface area is 124 Å². The average Bonchev–Trinajstić information content (AvgIpc) is 2.89. The zero-order chi connectivity index (χ0) is 14.0. The maximum absolute atomic E-state index is 10.5. The predicted octanol–water partition coefficient (Wildman–Crippen LogP) is 3.92. The Hall–Kier alpha value is -1.04. The van der Waals surface area contributed by atoms with Crippen molar-refractivity contribution in [3.8, 4) is 11.5 Å². The van der Waals surface area contributed by atoms with Crippen LogP contribution < -0.4 is 9.47 Å².